The van der Waals surface area contributed by atoms with Crippen LogP contribution in [0, 0.1) is 5.41 Å². The zero-order valence-electron chi connectivity index (χ0n) is 18.4. The fourth-order valence-corrected chi connectivity index (χ4v) is 6.07. The molecule has 3 aliphatic rings. The molecule has 2 saturated heterocycles. The van der Waals surface area contributed by atoms with Gasteiger partial charge in [0.1, 0.15) is 0 Å². The Labute approximate surface area is 181 Å². The number of piperidine rings is 2. The van der Waals surface area contributed by atoms with Gasteiger partial charge in [-0.15, -0.1) is 0 Å². The summed E-state index contributed by atoms with van der Waals surface area (Å²) in [6.45, 7) is 5.27. The van der Waals surface area contributed by atoms with Gasteiger partial charge in [-0.1, -0.05) is 37.1 Å². The molecule has 30 heavy (non-hydrogen) atoms. The van der Waals surface area contributed by atoms with Gasteiger partial charge in [0.05, 0.1) is 5.41 Å². The summed E-state index contributed by atoms with van der Waals surface area (Å²) in [4.78, 5) is 29.2. The molecule has 1 atom stereocenters. The number of nitrogens with two attached hydrogens (primary N) is 1. The van der Waals surface area contributed by atoms with Crippen LogP contribution in [-0.2, 0) is 16.0 Å². The van der Waals surface area contributed by atoms with Gasteiger partial charge in [0, 0.05) is 32.0 Å². The summed E-state index contributed by atoms with van der Waals surface area (Å²) in [5, 5.41) is 0. The standard InChI is InChI=1S/C25H37N3O2/c1-19(29)28-14-6-8-21(18-28)23-11-5-2-7-20(23)17-25(24(26)30)12-15-27(16-13-25)22-9-3-4-10-22/h2,5,7,11,21-22H,3-4,6,8-10,12-18H2,1H3,(H2,26,30). The van der Waals surface area contributed by atoms with Gasteiger partial charge in [0.15, 0.2) is 0 Å². The van der Waals surface area contributed by atoms with Gasteiger partial charge >= 0.3 is 0 Å². The van der Waals surface area contributed by atoms with E-state index in [0.717, 1.165) is 58.3 Å². The van der Waals surface area contributed by atoms with Crippen molar-refractivity contribution >= 4 is 11.8 Å². The van der Waals surface area contributed by atoms with Crippen LogP contribution < -0.4 is 5.73 Å². The maximum atomic E-state index is 12.7. The summed E-state index contributed by atoms with van der Waals surface area (Å²) in [5.74, 6) is 0.366. The van der Waals surface area contributed by atoms with Crippen molar-refractivity contribution in [1.82, 2.24) is 9.80 Å². The molecule has 1 aromatic rings. The van der Waals surface area contributed by atoms with E-state index in [1.165, 1.54) is 36.8 Å². The fraction of sp³-hybridized carbons (Fsp3) is 0.680. The Balaban J connectivity index is 1.51. The quantitative estimate of drug-likeness (QED) is 0.807. The first-order valence-corrected chi connectivity index (χ1v) is 11.9. The molecule has 2 aliphatic heterocycles. The summed E-state index contributed by atoms with van der Waals surface area (Å²) in [6, 6.07) is 9.25. The molecule has 2 heterocycles. The number of hydrogen-bond acceptors (Lipinski definition) is 3. The molecule has 1 unspecified atom stereocenters. The van der Waals surface area contributed by atoms with Crippen LogP contribution in [0.1, 0.15) is 75.3 Å². The largest absolute Gasteiger partial charge is 0.369 e. The predicted octanol–water partition coefficient (Wildman–Crippen LogP) is 3.47. The van der Waals surface area contributed by atoms with Crippen molar-refractivity contribution in [3.63, 3.8) is 0 Å². The molecule has 2 amide bonds. The Morgan fingerprint density at radius 3 is 2.40 bits per heavy atom. The third-order valence-electron chi connectivity index (χ3n) is 8.01. The molecule has 0 aromatic heterocycles. The smallest absolute Gasteiger partial charge is 0.224 e. The minimum absolute atomic E-state index is 0.141. The lowest BCUT2D eigenvalue weighted by atomic mass is 9.71. The highest BCUT2D eigenvalue weighted by Crippen LogP contribution is 2.40. The molecule has 0 bridgehead atoms. The Bertz CT molecular complexity index is 763. The van der Waals surface area contributed by atoms with Crippen molar-refractivity contribution in [2.24, 2.45) is 11.1 Å². The van der Waals surface area contributed by atoms with Gasteiger partial charge < -0.3 is 15.5 Å². The van der Waals surface area contributed by atoms with Crippen LogP contribution in [0.15, 0.2) is 24.3 Å². The first kappa shape index (κ1) is 21.4. The van der Waals surface area contributed by atoms with E-state index >= 15 is 0 Å². The van der Waals surface area contributed by atoms with Gasteiger partial charge in [-0.25, -0.2) is 0 Å². The molecule has 1 aromatic carbocycles. The highest BCUT2D eigenvalue weighted by molar-refractivity contribution is 5.81. The number of carbonyl (C=O) groups excluding carboxylic acids is 2. The number of benzene rings is 1. The lowest BCUT2D eigenvalue weighted by molar-refractivity contribution is -0.131. The SMILES string of the molecule is CC(=O)N1CCCC(c2ccccc2CC2(C(N)=O)CCN(C3CCCC3)CC2)C1. The number of hydrogen-bond donors (Lipinski definition) is 1. The van der Waals surface area contributed by atoms with Crippen LogP contribution in [0.4, 0.5) is 0 Å². The number of primary amides is 1. The first-order chi connectivity index (χ1) is 14.5. The third-order valence-corrected chi connectivity index (χ3v) is 8.01. The summed E-state index contributed by atoms with van der Waals surface area (Å²) < 4.78 is 0. The van der Waals surface area contributed by atoms with E-state index in [9.17, 15) is 9.59 Å². The van der Waals surface area contributed by atoms with Crippen LogP contribution in [-0.4, -0.2) is 53.8 Å². The average Bonchev–Trinajstić information content (AvgIpc) is 3.29. The highest BCUT2D eigenvalue weighted by atomic mass is 16.2. The van der Waals surface area contributed by atoms with E-state index < -0.39 is 5.41 Å². The van der Waals surface area contributed by atoms with Crippen LogP contribution in [0.25, 0.3) is 0 Å². The van der Waals surface area contributed by atoms with E-state index in [1.807, 2.05) is 4.90 Å². The van der Waals surface area contributed by atoms with E-state index in [0.29, 0.717) is 12.0 Å². The van der Waals surface area contributed by atoms with Gasteiger partial charge in [-0.3, -0.25) is 9.59 Å². The van der Waals surface area contributed by atoms with Crippen molar-refractivity contribution in [2.45, 2.75) is 76.7 Å². The molecule has 1 aliphatic carbocycles. The van der Waals surface area contributed by atoms with Gasteiger partial charge in [-0.2, -0.15) is 0 Å². The maximum absolute atomic E-state index is 12.7. The predicted molar refractivity (Wildman–Crippen MR) is 119 cm³/mol. The average molecular weight is 412 g/mol. The third kappa shape index (κ3) is 4.41. The van der Waals surface area contributed by atoms with Crippen molar-refractivity contribution in [3.05, 3.63) is 35.4 Å². The highest BCUT2D eigenvalue weighted by Gasteiger charge is 2.42. The molecule has 0 spiro atoms. The van der Waals surface area contributed by atoms with Crippen molar-refractivity contribution in [1.29, 1.82) is 0 Å². The van der Waals surface area contributed by atoms with Gasteiger partial charge in [0.25, 0.3) is 0 Å². The second-order valence-corrected chi connectivity index (χ2v) is 9.80. The summed E-state index contributed by atoms with van der Waals surface area (Å²) >= 11 is 0. The summed E-state index contributed by atoms with van der Waals surface area (Å²) in [5.41, 5.74) is 8.14. The summed E-state index contributed by atoms with van der Waals surface area (Å²) in [6.07, 6.45) is 9.88. The second-order valence-electron chi connectivity index (χ2n) is 9.80. The molecular formula is C25H37N3O2. The molecule has 164 valence electrons. The Hall–Kier alpha value is -1.88. The van der Waals surface area contributed by atoms with Crippen molar-refractivity contribution < 1.29 is 9.59 Å². The number of nitrogens with zero attached hydrogens (tertiary/aromatic N) is 2. The molecule has 4 rings (SSSR count). The summed E-state index contributed by atoms with van der Waals surface area (Å²) in [7, 11) is 0. The zero-order valence-corrected chi connectivity index (χ0v) is 18.4. The van der Waals surface area contributed by atoms with Gasteiger partial charge in [-0.05, 0) is 69.2 Å². The van der Waals surface area contributed by atoms with Crippen molar-refractivity contribution in [3.8, 4) is 0 Å². The van der Waals surface area contributed by atoms with Crippen LogP contribution in [0.3, 0.4) is 0 Å². The Morgan fingerprint density at radius 1 is 1.03 bits per heavy atom. The number of carbonyl (C=O) groups is 2. The van der Waals surface area contributed by atoms with E-state index in [2.05, 4.69) is 29.2 Å². The lowest BCUT2D eigenvalue weighted by Gasteiger charge is -2.43. The molecular weight excluding hydrogens is 374 g/mol. The minimum atomic E-state index is -0.444. The van der Waals surface area contributed by atoms with Crippen LogP contribution in [0.2, 0.25) is 0 Å². The Kier molecular flexibility index (Phi) is 6.47. The van der Waals surface area contributed by atoms with Crippen molar-refractivity contribution in [2.75, 3.05) is 26.2 Å². The normalized spacial score (nSPS) is 25.4. The Morgan fingerprint density at radius 2 is 1.73 bits per heavy atom. The van der Waals surface area contributed by atoms with Crippen LogP contribution in [0.5, 0.6) is 0 Å². The monoisotopic (exact) mass is 411 g/mol. The minimum Gasteiger partial charge on any atom is -0.369 e. The zero-order chi connectivity index (χ0) is 21.1. The topological polar surface area (TPSA) is 66.6 Å². The number of likely N-dealkylation sites (tertiary alicyclic amines) is 2. The molecule has 0 radical (unpaired) electrons. The maximum Gasteiger partial charge on any atom is 0.224 e. The number of amides is 2. The number of rotatable bonds is 5. The molecule has 1 saturated carbocycles. The molecule has 2 N–H and O–H groups in total. The second kappa shape index (κ2) is 9.09. The molecule has 3 fully saturated rings. The molecule has 5 nitrogen and oxygen atoms in total. The molecule has 5 heteroatoms. The lowest BCUT2D eigenvalue weighted by Crippen LogP contribution is -2.50. The van der Waals surface area contributed by atoms with Crippen LogP contribution >= 0.6 is 0 Å². The van der Waals surface area contributed by atoms with E-state index in [1.54, 1.807) is 6.92 Å². The van der Waals surface area contributed by atoms with Gasteiger partial charge in [0.2, 0.25) is 11.8 Å². The van der Waals surface area contributed by atoms with E-state index in [-0.39, 0.29) is 11.8 Å². The van der Waals surface area contributed by atoms with E-state index in [4.69, 9.17) is 5.73 Å². The fourth-order valence-electron chi connectivity index (χ4n) is 6.07. The first-order valence-electron chi connectivity index (χ1n) is 11.9.